The average molecular weight is 599 g/mol. The molecule has 0 atom stereocenters. The molecule has 0 fully saturated rings. The third kappa shape index (κ3) is 8.05. The molecule has 0 aliphatic rings. The fourth-order valence-corrected chi connectivity index (χ4v) is 4.96. The Labute approximate surface area is 255 Å². The predicted octanol–water partition coefficient (Wildman–Crippen LogP) is 5.19. The third-order valence-corrected chi connectivity index (χ3v) is 6.99. The summed E-state index contributed by atoms with van der Waals surface area (Å²) in [4.78, 5) is 26.3. The molecule has 0 aliphatic carbocycles. The van der Waals surface area contributed by atoms with Crippen molar-refractivity contribution < 1.29 is 14.7 Å². The Morgan fingerprint density at radius 2 is 1.56 bits per heavy atom. The van der Waals surface area contributed by atoms with Gasteiger partial charge in [0.05, 0.1) is 17.1 Å². The van der Waals surface area contributed by atoms with Crippen LogP contribution in [0.4, 0.5) is 11.4 Å². The third-order valence-electron chi connectivity index (χ3n) is 6.69. The average Bonchev–Trinajstić information content (AvgIpc) is 2.97. The molecule has 0 unspecified atom stereocenters. The Kier molecular flexibility index (Phi) is 9.90. The maximum Gasteiger partial charge on any atom is 0.251 e. The number of aromatic hydroxyl groups is 1. The van der Waals surface area contributed by atoms with Crippen LogP contribution in [0.25, 0.3) is 11.1 Å². The van der Waals surface area contributed by atoms with Crippen LogP contribution in [0.1, 0.15) is 46.5 Å². The first kappa shape index (κ1) is 30.9. The molecule has 0 bridgehead atoms. The van der Waals surface area contributed by atoms with E-state index >= 15 is 0 Å². The monoisotopic (exact) mass is 598 g/mol. The maximum atomic E-state index is 13.2. The van der Waals surface area contributed by atoms with Crippen LogP contribution < -0.4 is 27.4 Å². The molecule has 0 radical (unpaired) electrons. The van der Waals surface area contributed by atoms with Crippen molar-refractivity contribution in [2.24, 2.45) is 5.73 Å². The molecule has 0 spiro atoms. The van der Waals surface area contributed by atoms with Gasteiger partial charge in [-0.15, -0.1) is 0 Å². The maximum absolute atomic E-state index is 13.2. The number of benzene rings is 4. The van der Waals surface area contributed by atoms with Crippen LogP contribution in [-0.4, -0.2) is 28.8 Å². The smallest absolute Gasteiger partial charge is 0.251 e. The first-order valence-electron chi connectivity index (χ1n) is 13.8. The highest BCUT2D eigenvalue weighted by atomic mass is 35.5. The molecule has 43 heavy (non-hydrogen) atoms. The summed E-state index contributed by atoms with van der Waals surface area (Å²) in [6.07, 6.45) is -0.190. The first-order chi connectivity index (χ1) is 20.5. The number of hydrogen-bond acceptors (Lipinski definition) is 6. The van der Waals surface area contributed by atoms with Gasteiger partial charge in [-0.2, -0.15) is 0 Å². The summed E-state index contributed by atoms with van der Waals surface area (Å²) in [7, 11) is 0. The van der Waals surface area contributed by atoms with E-state index in [1.807, 2.05) is 44.2 Å². The van der Waals surface area contributed by atoms with E-state index in [2.05, 4.69) is 16.0 Å². The molecule has 9 nitrogen and oxygen atoms in total. The number of amides is 2. The summed E-state index contributed by atoms with van der Waals surface area (Å²) in [6, 6.07) is 23.0. The Balaban J connectivity index is 1.64. The van der Waals surface area contributed by atoms with Crippen molar-refractivity contribution in [1.82, 2.24) is 10.6 Å². The standard InChI is InChI=1S/C33H35ClN6O3/c1-19(2)40-28-16-27(34)30(23-12-24(14-25(35)13-23)33(43)39-18-20-6-4-3-5-7-20)26(31(28)42)15-29(41)38-17-21-8-10-22(11-9-21)32(36)37/h3-14,16,19,40,42H,15,17-18,35H2,1-2H3,(H3,36,37)(H,38,41)(H,39,43). The molecule has 4 aromatic rings. The number of nitrogen functional groups attached to an aromatic ring is 2. The summed E-state index contributed by atoms with van der Waals surface area (Å²) in [5.41, 5.74) is 16.3. The Bertz CT molecular complexity index is 1640. The number of amidine groups is 1. The van der Waals surface area contributed by atoms with Gasteiger partial charge in [0.25, 0.3) is 5.91 Å². The highest BCUT2D eigenvalue weighted by Crippen LogP contribution is 2.43. The van der Waals surface area contributed by atoms with E-state index in [4.69, 9.17) is 28.5 Å². The highest BCUT2D eigenvalue weighted by molar-refractivity contribution is 6.34. The molecule has 0 saturated carbocycles. The normalized spacial score (nSPS) is 10.8. The van der Waals surface area contributed by atoms with Crippen LogP contribution in [-0.2, 0) is 24.3 Å². The van der Waals surface area contributed by atoms with Crippen molar-refractivity contribution in [1.29, 1.82) is 5.41 Å². The van der Waals surface area contributed by atoms with Gasteiger partial charge in [-0.3, -0.25) is 15.0 Å². The molecule has 0 saturated heterocycles. The van der Waals surface area contributed by atoms with Gasteiger partial charge in [-0.25, -0.2) is 0 Å². The molecule has 2 amide bonds. The van der Waals surface area contributed by atoms with Crippen molar-refractivity contribution in [2.45, 2.75) is 39.4 Å². The van der Waals surface area contributed by atoms with Crippen molar-refractivity contribution in [3.05, 3.63) is 112 Å². The van der Waals surface area contributed by atoms with Crippen LogP contribution >= 0.6 is 11.6 Å². The SMILES string of the molecule is CC(C)Nc1cc(Cl)c(-c2cc(N)cc(C(=O)NCc3ccccc3)c2)c(CC(=O)NCc2ccc(C(=N)N)cc2)c1O. The van der Waals surface area contributed by atoms with Crippen LogP contribution in [0, 0.1) is 5.41 Å². The molecule has 0 aliphatic heterocycles. The lowest BCUT2D eigenvalue weighted by Crippen LogP contribution is -2.25. The lowest BCUT2D eigenvalue weighted by molar-refractivity contribution is -0.120. The number of phenolic OH excluding ortho intramolecular Hbond substituents is 1. The molecule has 4 rings (SSSR count). The van der Waals surface area contributed by atoms with Gasteiger partial charge >= 0.3 is 0 Å². The lowest BCUT2D eigenvalue weighted by Gasteiger charge is -2.20. The van der Waals surface area contributed by atoms with E-state index < -0.39 is 0 Å². The van der Waals surface area contributed by atoms with Crippen LogP contribution in [0.15, 0.2) is 78.9 Å². The van der Waals surface area contributed by atoms with Crippen LogP contribution in [0.3, 0.4) is 0 Å². The number of carbonyl (C=O) groups is 2. The lowest BCUT2D eigenvalue weighted by atomic mass is 9.93. The van der Waals surface area contributed by atoms with Crippen molar-refractivity contribution >= 4 is 40.6 Å². The van der Waals surface area contributed by atoms with E-state index in [-0.39, 0.29) is 47.4 Å². The zero-order chi connectivity index (χ0) is 31.1. The zero-order valence-corrected chi connectivity index (χ0v) is 24.8. The van der Waals surface area contributed by atoms with Crippen molar-refractivity contribution in [3.8, 4) is 16.9 Å². The minimum atomic E-state index is -0.352. The number of halogens is 1. The number of anilines is 2. The van der Waals surface area contributed by atoms with E-state index in [0.717, 1.165) is 11.1 Å². The van der Waals surface area contributed by atoms with Crippen molar-refractivity contribution in [3.63, 3.8) is 0 Å². The Hall–Kier alpha value is -5.02. The second kappa shape index (κ2) is 13.8. The van der Waals surface area contributed by atoms with Gasteiger partial charge in [-0.1, -0.05) is 66.2 Å². The fourth-order valence-electron chi connectivity index (χ4n) is 4.63. The quantitative estimate of drug-likeness (QED) is 0.0543. The molecular weight excluding hydrogens is 564 g/mol. The summed E-state index contributed by atoms with van der Waals surface area (Å²) >= 11 is 6.79. The number of phenols is 1. The van der Waals surface area contributed by atoms with Gasteiger partial charge in [0.1, 0.15) is 11.6 Å². The summed E-state index contributed by atoms with van der Waals surface area (Å²) in [6.45, 7) is 4.41. The van der Waals surface area contributed by atoms with Gasteiger partial charge in [0.2, 0.25) is 5.91 Å². The minimum absolute atomic E-state index is 0.0141. The van der Waals surface area contributed by atoms with Gasteiger partial charge in [-0.05, 0) is 54.8 Å². The Morgan fingerprint density at radius 3 is 2.21 bits per heavy atom. The summed E-state index contributed by atoms with van der Waals surface area (Å²) in [5.74, 6) is -0.837. The molecule has 9 N–H and O–H groups in total. The molecule has 0 aromatic heterocycles. The molecule has 4 aromatic carbocycles. The second-order valence-corrected chi connectivity index (χ2v) is 10.9. The highest BCUT2D eigenvalue weighted by Gasteiger charge is 2.22. The predicted molar refractivity (Wildman–Crippen MR) is 172 cm³/mol. The van der Waals surface area contributed by atoms with Gasteiger partial charge in [0.15, 0.2) is 0 Å². The number of rotatable bonds is 11. The van der Waals surface area contributed by atoms with Gasteiger partial charge in [0, 0.05) is 47.1 Å². The summed E-state index contributed by atoms with van der Waals surface area (Å²) in [5, 5.41) is 28.1. The van der Waals surface area contributed by atoms with E-state index in [1.165, 1.54) is 0 Å². The topological polar surface area (TPSA) is 166 Å². The number of hydrogen-bond donors (Lipinski definition) is 7. The minimum Gasteiger partial charge on any atom is -0.505 e. The first-order valence-corrected chi connectivity index (χ1v) is 14.1. The molecule has 0 heterocycles. The number of nitrogens with two attached hydrogens (primary N) is 2. The molecular formula is C33H35ClN6O3. The molecule has 10 heteroatoms. The van der Waals surface area contributed by atoms with Crippen LogP contribution in [0.2, 0.25) is 5.02 Å². The van der Waals surface area contributed by atoms with E-state index in [1.54, 1.807) is 48.5 Å². The second-order valence-electron chi connectivity index (χ2n) is 10.5. The van der Waals surface area contributed by atoms with Crippen LogP contribution in [0.5, 0.6) is 5.75 Å². The summed E-state index contributed by atoms with van der Waals surface area (Å²) < 4.78 is 0. The van der Waals surface area contributed by atoms with E-state index in [9.17, 15) is 14.7 Å². The van der Waals surface area contributed by atoms with Crippen molar-refractivity contribution in [2.75, 3.05) is 11.1 Å². The largest absolute Gasteiger partial charge is 0.505 e. The fraction of sp³-hybridized carbons (Fsp3) is 0.182. The zero-order valence-electron chi connectivity index (χ0n) is 24.0. The van der Waals surface area contributed by atoms with Gasteiger partial charge < -0.3 is 32.5 Å². The Morgan fingerprint density at radius 1 is 0.907 bits per heavy atom. The number of nitrogens with one attached hydrogen (secondary N) is 4. The number of carbonyl (C=O) groups excluding carboxylic acids is 2. The molecule has 222 valence electrons. The van der Waals surface area contributed by atoms with E-state index in [0.29, 0.717) is 45.7 Å².